The van der Waals surface area contributed by atoms with Gasteiger partial charge in [-0.1, -0.05) is 48.0 Å². The highest BCUT2D eigenvalue weighted by Crippen LogP contribution is 2.15. The SMILES string of the molecule is Cc1ccc(NC(=O)[C@H](C)OC(=O)CNC(=O)c2ccc3ccccc3c2)cc1. The summed E-state index contributed by atoms with van der Waals surface area (Å²) in [4.78, 5) is 36.4. The number of esters is 1. The summed E-state index contributed by atoms with van der Waals surface area (Å²) in [5.74, 6) is -1.52. The number of benzene rings is 3. The van der Waals surface area contributed by atoms with Crippen LogP contribution in [0.3, 0.4) is 0 Å². The summed E-state index contributed by atoms with van der Waals surface area (Å²) in [5.41, 5.74) is 2.14. The molecule has 0 bridgehead atoms. The predicted octanol–water partition coefficient (Wildman–Crippen LogP) is 3.45. The maximum Gasteiger partial charge on any atom is 0.326 e. The number of hydrogen-bond donors (Lipinski definition) is 2. The monoisotopic (exact) mass is 390 g/mol. The van der Waals surface area contributed by atoms with Gasteiger partial charge in [0.15, 0.2) is 6.10 Å². The fraction of sp³-hybridized carbons (Fsp3) is 0.174. The van der Waals surface area contributed by atoms with Crippen LogP contribution in [0.1, 0.15) is 22.8 Å². The van der Waals surface area contributed by atoms with Crippen molar-refractivity contribution in [2.24, 2.45) is 0 Å². The fourth-order valence-electron chi connectivity index (χ4n) is 2.76. The Bertz CT molecular complexity index is 1040. The molecule has 29 heavy (non-hydrogen) atoms. The van der Waals surface area contributed by atoms with E-state index in [1.807, 2.05) is 49.4 Å². The van der Waals surface area contributed by atoms with E-state index in [4.69, 9.17) is 4.74 Å². The molecule has 0 aliphatic heterocycles. The minimum atomic E-state index is -0.985. The third kappa shape index (κ3) is 5.42. The van der Waals surface area contributed by atoms with Crippen LogP contribution in [-0.2, 0) is 14.3 Å². The van der Waals surface area contributed by atoms with Crippen molar-refractivity contribution < 1.29 is 19.1 Å². The summed E-state index contributed by atoms with van der Waals surface area (Å²) in [5, 5.41) is 7.16. The van der Waals surface area contributed by atoms with Gasteiger partial charge in [0.2, 0.25) is 0 Å². The standard InChI is InChI=1S/C23H22N2O4/c1-15-7-11-20(12-8-15)25-22(27)16(2)29-21(26)14-24-23(28)19-10-9-17-5-3-4-6-18(17)13-19/h3-13,16H,14H2,1-2H3,(H,24,28)(H,25,27)/t16-/m0/s1. The van der Waals surface area contributed by atoms with Crippen LogP contribution >= 0.6 is 0 Å². The van der Waals surface area contributed by atoms with Crippen LogP contribution in [0.2, 0.25) is 0 Å². The molecule has 3 aromatic carbocycles. The Morgan fingerprint density at radius 2 is 1.62 bits per heavy atom. The van der Waals surface area contributed by atoms with Crippen molar-refractivity contribution in [2.45, 2.75) is 20.0 Å². The summed E-state index contributed by atoms with van der Waals surface area (Å²) in [6, 6.07) is 20.3. The van der Waals surface area contributed by atoms with E-state index in [1.54, 1.807) is 24.3 Å². The summed E-state index contributed by atoms with van der Waals surface area (Å²) in [6.07, 6.45) is -0.985. The van der Waals surface area contributed by atoms with Gasteiger partial charge in [0.1, 0.15) is 6.54 Å². The van der Waals surface area contributed by atoms with Gasteiger partial charge in [-0.05, 0) is 48.9 Å². The van der Waals surface area contributed by atoms with Gasteiger partial charge < -0.3 is 15.4 Å². The van der Waals surface area contributed by atoms with E-state index in [9.17, 15) is 14.4 Å². The van der Waals surface area contributed by atoms with Crippen molar-refractivity contribution in [1.29, 1.82) is 0 Å². The first kappa shape index (κ1) is 20.1. The van der Waals surface area contributed by atoms with E-state index in [-0.39, 0.29) is 12.5 Å². The van der Waals surface area contributed by atoms with Gasteiger partial charge in [-0.3, -0.25) is 14.4 Å². The molecule has 3 rings (SSSR count). The molecule has 6 heteroatoms. The first-order valence-electron chi connectivity index (χ1n) is 9.26. The Labute approximate surface area is 168 Å². The third-order valence-corrected chi connectivity index (χ3v) is 4.40. The second-order valence-electron chi connectivity index (χ2n) is 6.73. The normalized spacial score (nSPS) is 11.5. The Kier molecular flexibility index (Phi) is 6.24. The van der Waals surface area contributed by atoms with Gasteiger partial charge in [-0.15, -0.1) is 0 Å². The number of amides is 2. The number of nitrogens with one attached hydrogen (secondary N) is 2. The number of hydrogen-bond acceptors (Lipinski definition) is 4. The van der Waals surface area contributed by atoms with Gasteiger partial charge in [0.05, 0.1) is 0 Å². The lowest BCUT2D eigenvalue weighted by atomic mass is 10.1. The average Bonchev–Trinajstić information content (AvgIpc) is 2.73. The van der Waals surface area contributed by atoms with E-state index in [1.165, 1.54) is 6.92 Å². The molecule has 148 valence electrons. The molecular weight excluding hydrogens is 368 g/mol. The Morgan fingerprint density at radius 1 is 0.931 bits per heavy atom. The number of carbonyl (C=O) groups is 3. The topological polar surface area (TPSA) is 84.5 Å². The summed E-state index contributed by atoms with van der Waals surface area (Å²) < 4.78 is 5.10. The molecule has 2 amide bonds. The number of carbonyl (C=O) groups excluding carboxylic acids is 3. The van der Waals surface area contributed by atoms with E-state index >= 15 is 0 Å². The highest BCUT2D eigenvalue weighted by atomic mass is 16.5. The molecule has 0 radical (unpaired) electrons. The molecule has 0 spiro atoms. The van der Waals surface area contributed by atoms with Crippen LogP contribution in [0, 0.1) is 6.92 Å². The lowest BCUT2D eigenvalue weighted by Crippen LogP contribution is -2.35. The number of rotatable bonds is 6. The number of anilines is 1. The second-order valence-corrected chi connectivity index (χ2v) is 6.73. The molecule has 0 aliphatic carbocycles. The molecule has 1 atom stereocenters. The lowest BCUT2D eigenvalue weighted by Gasteiger charge is -2.14. The quantitative estimate of drug-likeness (QED) is 0.632. The van der Waals surface area contributed by atoms with Crippen LogP contribution in [0.25, 0.3) is 10.8 Å². The van der Waals surface area contributed by atoms with Crippen molar-refractivity contribution in [2.75, 3.05) is 11.9 Å². The van der Waals surface area contributed by atoms with Crippen LogP contribution in [-0.4, -0.2) is 30.4 Å². The molecule has 0 saturated carbocycles. The van der Waals surface area contributed by atoms with Crippen molar-refractivity contribution in [3.05, 3.63) is 77.9 Å². The summed E-state index contributed by atoms with van der Waals surface area (Å²) in [6.45, 7) is 3.10. The average molecular weight is 390 g/mol. The van der Waals surface area contributed by atoms with Crippen molar-refractivity contribution in [1.82, 2.24) is 5.32 Å². The molecule has 0 saturated heterocycles. The molecule has 2 N–H and O–H groups in total. The van der Waals surface area contributed by atoms with Crippen LogP contribution in [0.5, 0.6) is 0 Å². The van der Waals surface area contributed by atoms with Gasteiger partial charge >= 0.3 is 5.97 Å². The molecule has 0 aromatic heterocycles. The zero-order valence-corrected chi connectivity index (χ0v) is 16.3. The first-order chi connectivity index (χ1) is 13.9. The van der Waals surface area contributed by atoms with Gasteiger partial charge in [0.25, 0.3) is 11.8 Å². The Balaban J connectivity index is 1.49. The third-order valence-electron chi connectivity index (χ3n) is 4.40. The van der Waals surface area contributed by atoms with E-state index in [0.29, 0.717) is 11.3 Å². The van der Waals surface area contributed by atoms with E-state index in [2.05, 4.69) is 10.6 Å². The smallest absolute Gasteiger partial charge is 0.326 e. The van der Waals surface area contributed by atoms with Crippen molar-refractivity contribution >= 4 is 34.2 Å². The molecule has 0 heterocycles. The van der Waals surface area contributed by atoms with Crippen LogP contribution in [0.4, 0.5) is 5.69 Å². The zero-order valence-electron chi connectivity index (χ0n) is 16.3. The molecular formula is C23H22N2O4. The predicted molar refractivity (Wildman–Crippen MR) is 112 cm³/mol. The van der Waals surface area contributed by atoms with Gasteiger partial charge in [-0.2, -0.15) is 0 Å². The van der Waals surface area contributed by atoms with Crippen molar-refractivity contribution in [3.8, 4) is 0 Å². The lowest BCUT2D eigenvalue weighted by molar-refractivity contribution is -0.152. The summed E-state index contributed by atoms with van der Waals surface area (Å²) >= 11 is 0. The highest BCUT2D eigenvalue weighted by molar-refractivity contribution is 6.00. The number of aryl methyl sites for hydroxylation is 1. The van der Waals surface area contributed by atoms with E-state index in [0.717, 1.165) is 16.3 Å². The highest BCUT2D eigenvalue weighted by Gasteiger charge is 2.18. The van der Waals surface area contributed by atoms with Crippen LogP contribution < -0.4 is 10.6 Å². The minimum absolute atomic E-state index is 0.326. The molecule has 0 unspecified atom stereocenters. The molecule has 3 aromatic rings. The zero-order chi connectivity index (χ0) is 20.8. The van der Waals surface area contributed by atoms with Gasteiger partial charge in [0, 0.05) is 11.3 Å². The van der Waals surface area contributed by atoms with E-state index < -0.39 is 18.0 Å². The molecule has 0 aliphatic rings. The maximum absolute atomic E-state index is 12.3. The minimum Gasteiger partial charge on any atom is -0.451 e. The summed E-state index contributed by atoms with van der Waals surface area (Å²) in [7, 11) is 0. The second kappa shape index (κ2) is 9.01. The number of ether oxygens (including phenoxy) is 1. The van der Waals surface area contributed by atoms with Crippen molar-refractivity contribution in [3.63, 3.8) is 0 Å². The first-order valence-corrected chi connectivity index (χ1v) is 9.26. The fourth-order valence-corrected chi connectivity index (χ4v) is 2.76. The van der Waals surface area contributed by atoms with Gasteiger partial charge in [-0.25, -0.2) is 0 Å². The largest absolute Gasteiger partial charge is 0.451 e. The van der Waals surface area contributed by atoms with Crippen LogP contribution in [0.15, 0.2) is 66.7 Å². The Hall–Kier alpha value is -3.67. The number of fused-ring (bicyclic) bond motifs is 1. The Morgan fingerprint density at radius 3 is 2.34 bits per heavy atom. The molecule has 0 fully saturated rings. The molecule has 6 nitrogen and oxygen atoms in total. The maximum atomic E-state index is 12.3.